The van der Waals surface area contributed by atoms with Crippen molar-refractivity contribution in [2.45, 2.75) is 0 Å². The van der Waals surface area contributed by atoms with E-state index in [1.807, 2.05) is 24.3 Å². The summed E-state index contributed by atoms with van der Waals surface area (Å²) in [5.41, 5.74) is 5.96. The summed E-state index contributed by atoms with van der Waals surface area (Å²) in [7, 11) is 0. The molecule has 1 amide bonds. The van der Waals surface area contributed by atoms with Gasteiger partial charge in [-0.3, -0.25) is 4.79 Å². The number of halogens is 1. The first kappa shape index (κ1) is 11.3. The lowest BCUT2D eigenvalue weighted by Gasteiger charge is -2.06. The van der Waals surface area contributed by atoms with E-state index in [4.69, 9.17) is 5.73 Å². The summed E-state index contributed by atoms with van der Waals surface area (Å²) >= 11 is 0. The molecule has 0 aliphatic carbocycles. The van der Waals surface area contributed by atoms with E-state index in [0.29, 0.717) is 5.82 Å². The second-order valence-corrected chi connectivity index (χ2v) is 3.56. The minimum atomic E-state index is -0.602. The first-order valence-electron chi connectivity index (χ1n) is 5.22. The molecule has 0 aliphatic heterocycles. The minimum absolute atomic E-state index is 0.0206. The quantitative estimate of drug-likeness (QED) is 0.844. The standard InChI is InChI=1S/C12H12FN3O/c13-5-6-15-12(17)10-7-8-3-1-2-4-9(8)11(14)16-10/h1-4,7H,5-6H2,(H2,14,16)(H,15,17). The van der Waals surface area contributed by atoms with Crippen LogP contribution < -0.4 is 11.1 Å². The molecule has 2 rings (SSSR count). The van der Waals surface area contributed by atoms with Crippen LogP contribution in [0.25, 0.3) is 10.8 Å². The van der Waals surface area contributed by atoms with Crippen molar-refractivity contribution in [2.24, 2.45) is 0 Å². The number of nitrogens with zero attached hydrogens (tertiary/aromatic N) is 1. The molecule has 0 aliphatic rings. The largest absolute Gasteiger partial charge is 0.383 e. The Morgan fingerprint density at radius 2 is 2.18 bits per heavy atom. The minimum Gasteiger partial charge on any atom is -0.383 e. The number of aromatic nitrogens is 1. The van der Waals surface area contributed by atoms with Crippen molar-refractivity contribution < 1.29 is 9.18 Å². The van der Waals surface area contributed by atoms with E-state index in [-0.39, 0.29) is 12.2 Å². The van der Waals surface area contributed by atoms with Crippen molar-refractivity contribution in [2.75, 3.05) is 19.0 Å². The molecule has 0 atom stereocenters. The maximum absolute atomic E-state index is 11.9. The number of amides is 1. The fourth-order valence-corrected chi connectivity index (χ4v) is 1.59. The molecular formula is C12H12FN3O. The molecule has 0 bridgehead atoms. The van der Waals surface area contributed by atoms with Gasteiger partial charge in [-0.15, -0.1) is 0 Å². The Labute approximate surface area is 97.6 Å². The van der Waals surface area contributed by atoms with Crippen molar-refractivity contribution in [1.29, 1.82) is 0 Å². The lowest BCUT2D eigenvalue weighted by molar-refractivity contribution is 0.0946. The molecule has 3 N–H and O–H groups in total. The van der Waals surface area contributed by atoms with Crippen LogP contribution in [0.3, 0.4) is 0 Å². The molecule has 1 aromatic heterocycles. The van der Waals surface area contributed by atoms with Gasteiger partial charge < -0.3 is 11.1 Å². The third kappa shape index (κ3) is 2.33. The topological polar surface area (TPSA) is 68.0 Å². The Bertz CT molecular complexity index is 556. The molecule has 0 saturated heterocycles. The van der Waals surface area contributed by atoms with Gasteiger partial charge in [0, 0.05) is 11.9 Å². The average molecular weight is 233 g/mol. The number of pyridine rings is 1. The fourth-order valence-electron chi connectivity index (χ4n) is 1.59. The number of fused-ring (bicyclic) bond motifs is 1. The van der Waals surface area contributed by atoms with Crippen LogP contribution in [0.2, 0.25) is 0 Å². The highest BCUT2D eigenvalue weighted by atomic mass is 19.1. The van der Waals surface area contributed by atoms with Gasteiger partial charge in [0.25, 0.3) is 5.91 Å². The zero-order chi connectivity index (χ0) is 12.3. The number of carbonyl (C=O) groups excluding carboxylic acids is 1. The zero-order valence-electron chi connectivity index (χ0n) is 9.11. The van der Waals surface area contributed by atoms with E-state index < -0.39 is 12.6 Å². The van der Waals surface area contributed by atoms with E-state index in [0.717, 1.165) is 10.8 Å². The normalized spacial score (nSPS) is 10.4. The summed E-state index contributed by atoms with van der Waals surface area (Å²) < 4.78 is 11.9. The molecule has 4 nitrogen and oxygen atoms in total. The van der Waals surface area contributed by atoms with Crippen molar-refractivity contribution in [3.8, 4) is 0 Å². The molecular weight excluding hydrogens is 221 g/mol. The molecule has 0 radical (unpaired) electrons. The molecule has 0 saturated carbocycles. The Kier molecular flexibility index (Phi) is 3.18. The van der Waals surface area contributed by atoms with Gasteiger partial charge in [-0.25, -0.2) is 9.37 Å². The third-order valence-corrected chi connectivity index (χ3v) is 2.38. The van der Waals surface area contributed by atoms with Gasteiger partial charge in [0.15, 0.2) is 0 Å². The number of hydrogen-bond acceptors (Lipinski definition) is 3. The Balaban J connectivity index is 2.39. The van der Waals surface area contributed by atoms with Gasteiger partial charge in [0.1, 0.15) is 18.2 Å². The lowest BCUT2D eigenvalue weighted by atomic mass is 10.1. The number of hydrogen-bond donors (Lipinski definition) is 2. The third-order valence-electron chi connectivity index (χ3n) is 2.38. The van der Waals surface area contributed by atoms with Crippen LogP contribution in [-0.4, -0.2) is 24.1 Å². The molecule has 0 unspecified atom stereocenters. The summed E-state index contributed by atoms with van der Waals surface area (Å²) in [6, 6.07) is 9.02. The summed E-state index contributed by atoms with van der Waals surface area (Å²) in [4.78, 5) is 15.6. The second kappa shape index (κ2) is 4.78. The van der Waals surface area contributed by atoms with Crippen molar-refractivity contribution in [3.63, 3.8) is 0 Å². The molecule has 0 spiro atoms. The molecule has 1 heterocycles. The monoisotopic (exact) mass is 233 g/mol. The van der Waals surface area contributed by atoms with Crippen LogP contribution >= 0.6 is 0 Å². The number of anilines is 1. The van der Waals surface area contributed by atoms with Crippen LogP contribution in [0, 0.1) is 0 Å². The van der Waals surface area contributed by atoms with E-state index in [2.05, 4.69) is 10.3 Å². The number of carbonyl (C=O) groups is 1. The van der Waals surface area contributed by atoms with Gasteiger partial charge >= 0.3 is 0 Å². The molecule has 1 aromatic carbocycles. The van der Waals surface area contributed by atoms with Gasteiger partial charge in [-0.05, 0) is 11.5 Å². The highest BCUT2D eigenvalue weighted by Gasteiger charge is 2.09. The number of rotatable bonds is 3. The van der Waals surface area contributed by atoms with Gasteiger partial charge in [-0.1, -0.05) is 24.3 Å². The van der Waals surface area contributed by atoms with E-state index in [1.54, 1.807) is 6.07 Å². The number of nitrogen functional groups attached to an aromatic ring is 1. The maximum Gasteiger partial charge on any atom is 0.270 e. The van der Waals surface area contributed by atoms with Gasteiger partial charge in [0.05, 0.1) is 0 Å². The first-order valence-corrected chi connectivity index (χ1v) is 5.22. The van der Waals surface area contributed by atoms with Crippen molar-refractivity contribution in [1.82, 2.24) is 10.3 Å². The SMILES string of the molecule is Nc1nc(C(=O)NCCF)cc2ccccc12. The van der Waals surface area contributed by atoms with Gasteiger partial charge in [-0.2, -0.15) is 0 Å². The van der Waals surface area contributed by atoms with Crippen molar-refractivity contribution >= 4 is 22.5 Å². The summed E-state index contributed by atoms with van der Waals surface area (Å²) in [5, 5.41) is 4.05. The number of benzene rings is 1. The molecule has 2 aromatic rings. The zero-order valence-corrected chi connectivity index (χ0v) is 9.11. The summed E-state index contributed by atoms with van der Waals surface area (Å²) in [6.45, 7) is -0.623. The average Bonchev–Trinajstić information content (AvgIpc) is 2.36. The Morgan fingerprint density at radius 3 is 2.94 bits per heavy atom. The molecule has 17 heavy (non-hydrogen) atoms. The fraction of sp³-hybridized carbons (Fsp3) is 0.167. The van der Waals surface area contributed by atoms with Crippen LogP contribution in [0.15, 0.2) is 30.3 Å². The van der Waals surface area contributed by atoms with Crippen LogP contribution in [0.5, 0.6) is 0 Å². The molecule has 0 fully saturated rings. The smallest absolute Gasteiger partial charge is 0.270 e. The van der Waals surface area contributed by atoms with Crippen LogP contribution in [0.1, 0.15) is 10.5 Å². The lowest BCUT2D eigenvalue weighted by Crippen LogP contribution is -2.26. The van der Waals surface area contributed by atoms with E-state index >= 15 is 0 Å². The van der Waals surface area contributed by atoms with E-state index in [1.165, 1.54) is 0 Å². The summed E-state index contributed by atoms with van der Waals surface area (Å²) in [5.74, 6) is -0.117. The van der Waals surface area contributed by atoms with Crippen LogP contribution in [-0.2, 0) is 0 Å². The van der Waals surface area contributed by atoms with Crippen molar-refractivity contribution in [3.05, 3.63) is 36.0 Å². The highest BCUT2D eigenvalue weighted by Crippen LogP contribution is 2.19. The molecule has 88 valence electrons. The van der Waals surface area contributed by atoms with E-state index in [9.17, 15) is 9.18 Å². The van der Waals surface area contributed by atoms with Gasteiger partial charge in [0.2, 0.25) is 0 Å². The second-order valence-electron chi connectivity index (χ2n) is 3.56. The maximum atomic E-state index is 11.9. The Hall–Kier alpha value is -2.17. The highest BCUT2D eigenvalue weighted by molar-refractivity contribution is 5.99. The Morgan fingerprint density at radius 1 is 1.41 bits per heavy atom. The predicted molar refractivity (Wildman–Crippen MR) is 64.5 cm³/mol. The predicted octanol–water partition coefficient (Wildman–Crippen LogP) is 1.52. The summed E-state index contributed by atoms with van der Waals surface area (Å²) in [6.07, 6.45) is 0. The molecule has 5 heteroatoms. The number of nitrogens with two attached hydrogens (primary N) is 1. The first-order chi connectivity index (χ1) is 8.22. The number of alkyl halides is 1. The number of nitrogens with one attached hydrogen (secondary N) is 1. The van der Waals surface area contributed by atoms with Crippen LogP contribution in [0.4, 0.5) is 10.2 Å².